The lowest BCUT2D eigenvalue weighted by Crippen LogP contribution is -2.39. The van der Waals surface area contributed by atoms with Crippen LogP contribution in [0.15, 0.2) is 53.6 Å². The molecule has 2 aromatic carbocycles. The molecule has 0 unspecified atom stereocenters. The summed E-state index contributed by atoms with van der Waals surface area (Å²) in [6.45, 7) is 1.33. The molecule has 0 aliphatic carbocycles. The summed E-state index contributed by atoms with van der Waals surface area (Å²) >= 11 is 12.2. The Labute approximate surface area is 165 Å². The van der Waals surface area contributed by atoms with Gasteiger partial charge in [0.2, 0.25) is 5.91 Å². The van der Waals surface area contributed by atoms with Gasteiger partial charge in [0.15, 0.2) is 5.78 Å². The van der Waals surface area contributed by atoms with Gasteiger partial charge in [-0.15, -0.1) is 0 Å². The number of Topliss-reactive ketones (excluding diaryl/α,β-unsaturated/α-hetero) is 1. The van der Waals surface area contributed by atoms with Gasteiger partial charge in [0, 0.05) is 11.9 Å². The van der Waals surface area contributed by atoms with E-state index in [0.717, 1.165) is 4.90 Å². The lowest BCUT2D eigenvalue weighted by Gasteiger charge is -2.22. The molecule has 2 heterocycles. The van der Waals surface area contributed by atoms with Crippen molar-refractivity contribution in [2.45, 2.75) is 13.0 Å². The van der Waals surface area contributed by atoms with Crippen molar-refractivity contribution in [3.63, 3.8) is 0 Å². The topological polar surface area (TPSA) is 70.1 Å². The van der Waals surface area contributed by atoms with E-state index in [2.05, 4.69) is 5.10 Å². The lowest BCUT2D eigenvalue weighted by atomic mass is 9.95. The van der Waals surface area contributed by atoms with Gasteiger partial charge >= 0.3 is 0 Å². The van der Waals surface area contributed by atoms with Crippen molar-refractivity contribution >= 4 is 57.9 Å². The van der Waals surface area contributed by atoms with Crippen LogP contribution in [0.25, 0.3) is 0 Å². The standard InChI is InChI=1S/C19H13Cl2N3O3/c1-10(25)16-15-17(24(22-16)12-6-4-5-11(20)9-12)19(27)23(18(15)26)14-8-3-2-7-13(14)21/h2-9,15,17H,1H3/t15-,17+/m0/s1. The molecular formula is C19H13Cl2N3O3. The van der Waals surface area contributed by atoms with Crippen molar-refractivity contribution in [1.29, 1.82) is 0 Å². The van der Waals surface area contributed by atoms with Gasteiger partial charge in [0.1, 0.15) is 17.7 Å². The summed E-state index contributed by atoms with van der Waals surface area (Å²) in [6, 6.07) is 12.4. The summed E-state index contributed by atoms with van der Waals surface area (Å²) in [5.74, 6) is -2.35. The summed E-state index contributed by atoms with van der Waals surface area (Å²) in [5, 5.41) is 6.40. The summed E-state index contributed by atoms with van der Waals surface area (Å²) in [4.78, 5) is 39.4. The Kier molecular flexibility index (Phi) is 4.25. The molecule has 1 fully saturated rings. The molecule has 27 heavy (non-hydrogen) atoms. The van der Waals surface area contributed by atoms with E-state index in [1.54, 1.807) is 48.5 Å². The fourth-order valence-electron chi connectivity index (χ4n) is 3.41. The summed E-state index contributed by atoms with van der Waals surface area (Å²) in [5.41, 5.74) is 0.862. The van der Waals surface area contributed by atoms with Crippen molar-refractivity contribution in [2.75, 3.05) is 9.91 Å². The van der Waals surface area contributed by atoms with Gasteiger partial charge in [0.05, 0.1) is 16.4 Å². The van der Waals surface area contributed by atoms with Crippen LogP contribution < -0.4 is 9.91 Å². The van der Waals surface area contributed by atoms with Gasteiger partial charge in [-0.25, -0.2) is 4.90 Å². The predicted octanol–water partition coefficient (Wildman–Crippen LogP) is 3.32. The maximum atomic E-state index is 13.2. The largest absolute Gasteiger partial charge is 0.293 e. The van der Waals surface area contributed by atoms with Crippen LogP contribution in [0.5, 0.6) is 0 Å². The third-order valence-corrected chi connectivity index (χ3v) is 5.13. The number of rotatable bonds is 3. The quantitative estimate of drug-likeness (QED) is 0.739. The molecule has 136 valence electrons. The highest BCUT2D eigenvalue weighted by molar-refractivity contribution is 6.49. The fraction of sp³-hybridized carbons (Fsp3) is 0.158. The molecule has 0 aromatic heterocycles. The maximum absolute atomic E-state index is 13.2. The highest BCUT2D eigenvalue weighted by atomic mass is 35.5. The van der Waals surface area contributed by atoms with Crippen LogP contribution in [0, 0.1) is 5.92 Å². The number of halogens is 2. The van der Waals surface area contributed by atoms with Crippen LogP contribution in [0.2, 0.25) is 10.0 Å². The SMILES string of the molecule is CC(=O)C1=NN(c2cccc(Cl)c2)[C@H]2C(=O)N(c3ccccc3Cl)C(=O)[C@@H]12. The maximum Gasteiger partial charge on any atom is 0.259 e. The van der Waals surface area contributed by atoms with Gasteiger partial charge in [0.25, 0.3) is 5.91 Å². The molecular weight excluding hydrogens is 389 g/mol. The van der Waals surface area contributed by atoms with Crippen molar-refractivity contribution in [3.8, 4) is 0 Å². The van der Waals surface area contributed by atoms with Gasteiger partial charge in [-0.1, -0.05) is 41.4 Å². The highest BCUT2D eigenvalue weighted by Gasteiger charge is 2.58. The Balaban J connectivity index is 1.83. The molecule has 0 saturated carbocycles. The van der Waals surface area contributed by atoms with Crippen LogP contribution >= 0.6 is 23.2 Å². The van der Waals surface area contributed by atoms with Crippen LogP contribution in [0.1, 0.15) is 6.92 Å². The number of hydrogen-bond donors (Lipinski definition) is 0. The van der Waals surface area contributed by atoms with Crippen molar-refractivity contribution in [2.24, 2.45) is 11.0 Å². The normalized spacial score (nSPS) is 21.5. The number of carbonyl (C=O) groups excluding carboxylic acids is 3. The van der Waals surface area contributed by atoms with Crippen molar-refractivity contribution in [3.05, 3.63) is 58.6 Å². The van der Waals surface area contributed by atoms with Crippen molar-refractivity contribution < 1.29 is 14.4 Å². The number of carbonyl (C=O) groups is 3. The second-order valence-corrected chi connectivity index (χ2v) is 7.10. The molecule has 2 aliphatic rings. The smallest absolute Gasteiger partial charge is 0.259 e. The van der Waals surface area contributed by atoms with E-state index in [1.165, 1.54) is 11.9 Å². The molecule has 0 bridgehead atoms. The highest BCUT2D eigenvalue weighted by Crippen LogP contribution is 2.40. The van der Waals surface area contributed by atoms with Crippen LogP contribution in [0.3, 0.4) is 0 Å². The molecule has 0 spiro atoms. The van der Waals surface area contributed by atoms with Gasteiger partial charge < -0.3 is 0 Å². The van der Waals surface area contributed by atoms with E-state index in [9.17, 15) is 14.4 Å². The second kappa shape index (κ2) is 6.48. The van der Waals surface area contributed by atoms with E-state index in [0.29, 0.717) is 10.7 Å². The Morgan fingerprint density at radius 3 is 2.44 bits per heavy atom. The van der Waals surface area contributed by atoms with E-state index < -0.39 is 23.8 Å². The number of hydrogen-bond acceptors (Lipinski definition) is 5. The van der Waals surface area contributed by atoms with E-state index in [4.69, 9.17) is 23.2 Å². The second-order valence-electron chi connectivity index (χ2n) is 6.25. The Hall–Kier alpha value is -2.70. The number of para-hydroxylation sites is 1. The molecule has 2 aliphatic heterocycles. The minimum atomic E-state index is -0.981. The van der Waals surface area contributed by atoms with Crippen LogP contribution in [-0.4, -0.2) is 29.4 Å². The Morgan fingerprint density at radius 2 is 1.78 bits per heavy atom. The molecule has 4 rings (SSSR count). The summed E-state index contributed by atoms with van der Waals surface area (Å²) < 4.78 is 0. The minimum Gasteiger partial charge on any atom is -0.293 e. The van der Waals surface area contributed by atoms with Gasteiger partial charge in [-0.05, 0) is 30.3 Å². The zero-order chi connectivity index (χ0) is 19.3. The molecule has 2 atom stereocenters. The number of anilines is 2. The first kappa shape index (κ1) is 17.7. The number of benzene rings is 2. The van der Waals surface area contributed by atoms with E-state index >= 15 is 0 Å². The monoisotopic (exact) mass is 401 g/mol. The van der Waals surface area contributed by atoms with E-state index in [1.807, 2.05) is 0 Å². The lowest BCUT2D eigenvalue weighted by molar-refractivity contribution is -0.122. The van der Waals surface area contributed by atoms with E-state index in [-0.39, 0.29) is 22.2 Å². The number of ketones is 1. The summed E-state index contributed by atoms with van der Waals surface area (Å²) in [6.07, 6.45) is 0. The molecule has 1 saturated heterocycles. The van der Waals surface area contributed by atoms with Crippen LogP contribution in [0.4, 0.5) is 11.4 Å². The van der Waals surface area contributed by atoms with Crippen LogP contribution in [-0.2, 0) is 14.4 Å². The number of nitrogens with zero attached hydrogens (tertiary/aromatic N) is 3. The van der Waals surface area contributed by atoms with Crippen molar-refractivity contribution in [1.82, 2.24) is 0 Å². The summed E-state index contributed by atoms with van der Waals surface area (Å²) in [7, 11) is 0. The first-order valence-corrected chi connectivity index (χ1v) is 8.92. The minimum absolute atomic E-state index is 0.0490. The molecule has 2 aromatic rings. The first-order chi connectivity index (χ1) is 12.9. The first-order valence-electron chi connectivity index (χ1n) is 8.16. The third kappa shape index (κ3) is 2.72. The Morgan fingerprint density at radius 1 is 1.04 bits per heavy atom. The average Bonchev–Trinajstić information content (AvgIpc) is 3.14. The molecule has 2 amide bonds. The number of imide groups is 1. The number of amides is 2. The third-order valence-electron chi connectivity index (χ3n) is 4.58. The predicted molar refractivity (Wildman–Crippen MR) is 103 cm³/mol. The Bertz CT molecular complexity index is 1020. The molecule has 0 N–H and O–H groups in total. The average molecular weight is 402 g/mol. The fourth-order valence-corrected chi connectivity index (χ4v) is 3.81. The molecule has 6 nitrogen and oxygen atoms in total. The number of hydrazone groups is 1. The van der Waals surface area contributed by atoms with Gasteiger partial charge in [-0.3, -0.25) is 19.4 Å². The number of fused-ring (bicyclic) bond motifs is 1. The zero-order valence-electron chi connectivity index (χ0n) is 14.1. The zero-order valence-corrected chi connectivity index (χ0v) is 15.6. The van der Waals surface area contributed by atoms with Gasteiger partial charge in [-0.2, -0.15) is 5.10 Å². The molecule has 8 heteroatoms. The molecule has 0 radical (unpaired) electrons.